The number of aryl methyl sites for hydroxylation is 1. The highest BCUT2D eigenvalue weighted by Crippen LogP contribution is 2.27. The van der Waals surface area contributed by atoms with Crippen molar-refractivity contribution < 1.29 is 21.2 Å². The van der Waals surface area contributed by atoms with Crippen molar-refractivity contribution in [3.63, 3.8) is 0 Å². The summed E-state index contributed by atoms with van der Waals surface area (Å²) >= 11 is 5.85. The summed E-state index contributed by atoms with van der Waals surface area (Å²) in [5.41, 5.74) is 1.06. The van der Waals surface area contributed by atoms with Gasteiger partial charge in [-0.2, -0.15) is 0 Å². The third-order valence-corrected chi connectivity index (χ3v) is 9.04. The zero-order valence-electron chi connectivity index (χ0n) is 14.5. The Balaban J connectivity index is 1.86. The van der Waals surface area contributed by atoms with Crippen molar-refractivity contribution in [2.24, 2.45) is 0 Å². The van der Waals surface area contributed by atoms with Crippen LogP contribution in [0.1, 0.15) is 11.1 Å². The first-order valence-corrected chi connectivity index (χ1v) is 12.0. The van der Waals surface area contributed by atoms with Gasteiger partial charge in [0, 0.05) is 17.6 Å². The van der Waals surface area contributed by atoms with Gasteiger partial charge >= 0.3 is 0 Å². The molecule has 0 aromatic heterocycles. The van der Waals surface area contributed by atoms with Crippen LogP contribution in [0.3, 0.4) is 0 Å². The van der Waals surface area contributed by atoms with Crippen LogP contribution in [-0.2, 0) is 26.2 Å². The summed E-state index contributed by atoms with van der Waals surface area (Å²) in [5, 5.41) is 2.50. The molecule has 146 valence electrons. The van der Waals surface area contributed by atoms with Crippen LogP contribution in [0.2, 0.25) is 5.02 Å². The van der Waals surface area contributed by atoms with Crippen LogP contribution < -0.4 is 5.32 Å². The number of hydrogen-bond donors (Lipinski definition) is 1. The Morgan fingerprint density at radius 3 is 2.44 bits per heavy atom. The summed E-state index contributed by atoms with van der Waals surface area (Å²) in [5.74, 6) is -1.22. The highest BCUT2D eigenvalue weighted by molar-refractivity contribution is 7.96. The first-order valence-electron chi connectivity index (χ1n) is 8.27. The molecule has 0 amide bonds. The third kappa shape index (κ3) is 4.51. The number of nitrogens with one attached hydrogen (secondary N) is 1. The fourth-order valence-corrected chi connectivity index (χ4v) is 8.06. The molecule has 5 nitrogen and oxygen atoms in total. The van der Waals surface area contributed by atoms with Crippen molar-refractivity contribution in [2.45, 2.75) is 29.7 Å². The highest BCUT2D eigenvalue weighted by atomic mass is 35.5. The van der Waals surface area contributed by atoms with Gasteiger partial charge in [0.2, 0.25) is 0 Å². The first-order chi connectivity index (χ1) is 12.6. The maximum Gasteiger partial charge on any atom is 0.183 e. The molecule has 1 fully saturated rings. The van der Waals surface area contributed by atoms with Crippen LogP contribution in [0.4, 0.5) is 4.39 Å². The van der Waals surface area contributed by atoms with Crippen molar-refractivity contribution in [2.75, 3.05) is 11.5 Å². The number of hydrogen-bond acceptors (Lipinski definition) is 5. The van der Waals surface area contributed by atoms with Crippen molar-refractivity contribution in [3.05, 3.63) is 64.4 Å². The van der Waals surface area contributed by atoms with Gasteiger partial charge < -0.3 is 5.32 Å². The number of benzene rings is 2. The second-order valence-electron chi connectivity index (χ2n) is 6.69. The Morgan fingerprint density at radius 2 is 1.81 bits per heavy atom. The van der Waals surface area contributed by atoms with Gasteiger partial charge in [-0.15, -0.1) is 0 Å². The molecule has 0 spiro atoms. The van der Waals surface area contributed by atoms with Crippen molar-refractivity contribution in [1.82, 2.24) is 5.32 Å². The zero-order valence-corrected chi connectivity index (χ0v) is 16.9. The molecule has 2 aromatic rings. The lowest BCUT2D eigenvalue weighted by molar-refractivity contribution is 0.525. The number of halogens is 2. The van der Waals surface area contributed by atoms with E-state index in [4.69, 9.17) is 11.6 Å². The van der Waals surface area contributed by atoms with Gasteiger partial charge in [-0.25, -0.2) is 21.2 Å². The Bertz CT molecular complexity index is 1050. The molecule has 0 radical (unpaired) electrons. The Labute approximate surface area is 163 Å². The lowest BCUT2D eigenvalue weighted by atomic mass is 10.2. The van der Waals surface area contributed by atoms with Gasteiger partial charge in [-0.3, -0.25) is 0 Å². The molecule has 0 saturated carbocycles. The third-order valence-electron chi connectivity index (χ3n) is 4.64. The molecular weight excluding hydrogens is 413 g/mol. The molecule has 0 unspecified atom stereocenters. The topological polar surface area (TPSA) is 80.3 Å². The lowest BCUT2D eigenvalue weighted by Crippen LogP contribution is -2.43. The zero-order chi connectivity index (χ0) is 19.8. The van der Waals surface area contributed by atoms with E-state index in [0.29, 0.717) is 11.6 Å². The highest BCUT2D eigenvalue weighted by Gasteiger charge is 2.45. The Kier molecular flexibility index (Phi) is 5.63. The van der Waals surface area contributed by atoms with Crippen molar-refractivity contribution >= 4 is 31.3 Å². The molecule has 9 heteroatoms. The first kappa shape index (κ1) is 20.3. The average Bonchev–Trinajstić information content (AvgIpc) is 2.92. The standard InChI is InChI=1S/C18H19ClFNO4S2/c1-12-8-15(6-7-16(12)20)27(24,25)18-11-26(22,23)10-17(18)21-9-13-2-4-14(19)5-3-13/h2-8,17-18,21H,9-11H2,1H3/t17-,18-/m1/s1. The Morgan fingerprint density at radius 1 is 1.15 bits per heavy atom. The van der Waals surface area contributed by atoms with Gasteiger partial charge in [-0.1, -0.05) is 23.7 Å². The van der Waals surface area contributed by atoms with E-state index >= 15 is 0 Å². The van der Waals surface area contributed by atoms with Crippen LogP contribution in [0.15, 0.2) is 47.4 Å². The monoisotopic (exact) mass is 431 g/mol. The van der Waals surface area contributed by atoms with Crippen LogP contribution in [0.5, 0.6) is 0 Å². The summed E-state index contributed by atoms with van der Waals surface area (Å²) in [7, 11) is -7.44. The van der Waals surface area contributed by atoms with Crippen LogP contribution in [-0.4, -0.2) is 39.6 Å². The largest absolute Gasteiger partial charge is 0.308 e. The molecule has 27 heavy (non-hydrogen) atoms. The molecule has 3 rings (SSSR count). The molecular formula is C18H19ClFNO4S2. The van der Waals surface area contributed by atoms with E-state index in [1.807, 2.05) is 0 Å². The lowest BCUT2D eigenvalue weighted by Gasteiger charge is -2.20. The van der Waals surface area contributed by atoms with Gasteiger partial charge in [0.05, 0.1) is 21.7 Å². The van der Waals surface area contributed by atoms with Crippen LogP contribution in [0.25, 0.3) is 0 Å². The van der Waals surface area contributed by atoms with E-state index in [1.54, 1.807) is 24.3 Å². The van der Waals surface area contributed by atoms with E-state index in [0.717, 1.165) is 11.6 Å². The SMILES string of the molecule is Cc1cc(S(=O)(=O)[C@@H]2CS(=O)(=O)C[C@H]2NCc2ccc(Cl)cc2)ccc1F. The molecule has 1 saturated heterocycles. The summed E-state index contributed by atoms with van der Waals surface area (Å²) in [6.07, 6.45) is 0. The van der Waals surface area contributed by atoms with E-state index in [1.165, 1.54) is 19.1 Å². The minimum atomic E-state index is -3.94. The van der Waals surface area contributed by atoms with E-state index in [-0.39, 0.29) is 16.2 Å². The second kappa shape index (κ2) is 7.50. The second-order valence-corrected chi connectivity index (χ2v) is 11.4. The fraction of sp³-hybridized carbons (Fsp3) is 0.333. The van der Waals surface area contributed by atoms with Crippen molar-refractivity contribution in [3.8, 4) is 0 Å². The number of sulfone groups is 2. The quantitative estimate of drug-likeness (QED) is 0.736. The molecule has 2 aromatic carbocycles. The Hall–Kier alpha value is -1.48. The van der Waals surface area contributed by atoms with Crippen LogP contribution >= 0.6 is 11.6 Å². The smallest absolute Gasteiger partial charge is 0.183 e. The summed E-state index contributed by atoms with van der Waals surface area (Å²) in [4.78, 5) is -0.0678. The summed E-state index contributed by atoms with van der Waals surface area (Å²) in [6.45, 7) is 1.78. The van der Waals surface area contributed by atoms with Gasteiger partial charge in [0.15, 0.2) is 19.7 Å². The van der Waals surface area contributed by atoms with E-state index in [9.17, 15) is 21.2 Å². The molecule has 0 aliphatic carbocycles. The van der Waals surface area contributed by atoms with Gasteiger partial charge in [-0.05, 0) is 48.4 Å². The predicted octanol–water partition coefficient (Wildman–Crippen LogP) is 2.52. The molecule has 1 heterocycles. The molecule has 0 bridgehead atoms. The summed E-state index contributed by atoms with van der Waals surface area (Å²) in [6, 6.07) is 9.74. The van der Waals surface area contributed by atoms with Crippen molar-refractivity contribution in [1.29, 1.82) is 0 Å². The molecule has 2 atom stereocenters. The van der Waals surface area contributed by atoms with E-state index < -0.39 is 42.5 Å². The fourth-order valence-electron chi connectivity index (χ4n) is 3.13. The molecule has 1 N–H and O–H groups in total. The molecule has 1 aliphatic heterocycles. The maximum absolute atomic E-state index is 13.5. The molecule has 1 aliphatic rings. The van der Waals surface area contributed by atoms with E-state index in [2.05, 4.69) is 5.32 Å². The normalized spacial score (nSPS) is 22.0. The summed E-state index contributed by atoms with van der Waals surface area (Å²) < 4.78 is 63.8. The minimum Gasteiger partial charge on any atom is -0.308 e. The minimum absolute atomic E-state index is 0.0678. The van der Waals surface area contributed by atoms with Gasteiger partial charge in [0.25, 0.3) is 0 Å². The maximum atomic E-state index is 13.5. The average molecular weight is 432 g/mol. The number of rotatable bonds is 5. The van der Waals surface area contributed by atoms with Crippen LogP contribution in [0, 0.1) is 12.7 Å². The van der Waals surface area contributed by atoms with Gasteiger partial charge in [0.1, 0.15) is 5.82 Å². The predicted molar refractivity (Wildman–Crippen MR) is 103 cm³/mol.